The molecule has 0 aliphatic heterocycles. The molecule has 0 aromatic heterocycles. The third-order valence-corrected chi connectivity index (χ3v) is 2.77. The molecule has 0 unspecified atom stereocenters. The van der Waals surface area contributed by atoms with E-state index in [-0.39, 0.29) is 11.4 Å². The highest BCUT2D eigenvalue weighted by Gasteiger charge is 2.09. The lowest BCUT2D eigenvalue weighted by Gasteiger charge is -2.21. The van der Waals surface area contributed by atoms with E-state index in [4.69, 9.17) is 11.6 Å². The molecule has 0 aliphatic rings. The van der Waals surface area contributed by atoms with Gasteiger partial charge in [-0.25, -0.2) is 4.39 Å². The van der Waals surface area contributed by atoms with E-state index in [2.05, 4.69) is 33.0 Å². The van der Waals surface area contributed by atoms with E-state index in [0.717, 1.165) is 18.5 Å². The molecule has 0 heterocycles. The normalized spacial score (nSPS) is 12.9. The summed E-state index contributed by atoms with van der Waals surface area (Å²) in [6.45, 7) is 9.27. The fourth-order valence-corrected chi connectivity index (χ4v) is 1.78. The lowest BCUT2D eigenvalue weighted by Crippen LogP contribution is -2.36. The van der Waals surface area contributed by atoms with Crippen LogP contribution < -0.4 is 5.32 Å². The standard InChI is InChI=1S/C15H21ClFN/c1-5-11(10-18-15(2,3)4)6-12-7-13(16)9-14(17)8-12/h6-9,18H,5,10H2,1-4H3/b11-6-. The summed E-state index contributed by atoms with van der Waals surface area (Å²) in [5.41, 5.74) is 2.12. The van der Waals surface area contributed by atoms with Gasteiger partial charge in [0.15, 0.2) is 0 Å². The van der Waals surface area contributed by atoms with Crippen LogP contribution >= 0.6 is 11.6 Å². The van der Waals surface area contributed by atoms with Crippen LogP contribution in [-0.4, -0.2) is 12.1 Å². The van der Waals surface area contributed by atoms with E-state index in [9.17, 15) is 4.39 Å². The largest absolute Gasteiger partial charge is 0.308 e. The van der Waals surface area contributed by atoms with Gasteiger partial charge in [-0.05, 0) is 51.0 Å². The van der Waals surface area contributed by atoms with Crippen molar-refractivity contribution in [1.29, 1.82) is 0 Å². The van der Waals surface area contributed by atoms with Crippen LogP contribution in [0.25, 0.3) is 6.08 Å². The van der Waals surface area contributed by atoms with Crippen LogP contribution in [0.2, 0.25) is 5.02 Å². The highest BCUT2D eigenvalue weighted by Crippen LogP contribution is 2.17. The first-order valence-corrected chi connectivity index (χ1v) is 6.58. The Labute approximate surface area is 114 Å². The van der Waals surface area contributed by atoms with Crippen molar-refractivity contribution >= 4 is 17.7 Å². The van der Waals surface area contributed by atoms with Gasteiger partial charge in [-0.2, -0.15) is 0 Å². The van der Waals surface area contributed by atoms with Crippen LogP contribution in [0.15, 0.2) is 23.8 Å². The number of halogens is 2. The molecule has 1 aromatic rings. The van der Waals surface area contributed by atoms with Gasteiger partial charge in [0, 0.05) is 17.1 Å². The molecule has 0 aliphatic carbocycles. The molecule has 0 bridgehead atoms. The summed E-state index contributed by atoms with van der Waals surface area (Å²) in [4.78, 5) is 0. The van der Waals surface area contributed by atoms with Crippen LogP contribution in [-0.2, 0) is 0 Å². The summed E-state index contributed by atoms with van der Waals surface area (Å²) in [7, 11) is 0. The Morgan fingerprint density at radius 1 is 1.33 bits per heavy atom. The maximum absolute atomic E-state index is 13.2. The zero-order valence-corrected chi connectivity index (χ0v) is 12.2. The lowest BCUT2D eigenvalue weighted by atomic mass is 10.1. The zero-order valence-electron chi connectivity index (χ0n) is 11.5. The summed E-state index contributed by atoms with van der Waals surface area (Å²) < 4.78 is 13.2. The third kappa shape index (κ3) is 5.65. The Hall–Kier alpha value is -0.860. The van der Waals surface area contributed by atoms with Gasteiger partial charge in [0.25, 0.3) is 0 Å². The van der Waals surface area contributed by atoms with Crippen LogP contribution in [0.5, 0.6) is 0 Å². The molecule has 3 heteroatoms. The third-order valence-electron chi connectivity index (χ3n) is 2.56. The van der Waals surface area contributed by atoms with E-state index >= 15 is 0 Å². The van der Waals surface area contributed by atoms with E-state index in [1.807, 2.05) is 6.08 Å². The van der Waals surface area contributed by atoms with Gasteiger partial charge in [0.05, 0.1) is 0 Å². The predicted octanol–water partition coefficient (Wildman–Crippen LogP) is 4.66. The fraction of sp³-hybridized carbons (Fsp3) is 0.467. The van der Waals surface area contributed by atoms with Crippen molar-refractivity contribution in [3.8, 4) is 0 Å². The summed E-state index contributed by atoms with van der Waals surface area (Å²) in [5.74, 6) is -0.298. The van der Waals surface area contributed by atoms with Gasteiger partial charge in [-0.15, -0.1) is 0 Å². The molecule has 0 saturated carbocycles. The topological polar surface area (TPSA) is 12.0 Å². The molecular formula is C15H21ClFN. The van der Waals surface area contributed by atoms with E-state index < -0.39 is 0 Å². The van der Waals surface area contributed by atoms with Crippen LogP contribution in [0.1, 0.15) is 39.7 Å². The van der Waals surface area contributed by atoms with Crippen molar-refractivity contribution in [2.24, 2.45) is 0 Å². The Balaban J connectivity index is 2.83. The predicted molar refractivity (Wildman–Crippen MR) is 77.4 cm³/mol. The number of benzene rings is 1. The molecular weight excluding hydrogens is 249 g/mol. The maximum atomic E-state index is 13.2. The van der Waals surface area contributed by atoms with Gasteiger partial charge in [-0.1, -0.05) is 30.2 Å². The first kappa shape index (κ1) is 15.2. The van der Waals surface area contributed by atoms with Crippen molar-refractivity contribution in [3.05, 3.63) is 40.2 Å². The number of rotatable bonds is 4. The van der Waals surface area contributed by atoms with Gasteiger partial charge in [0.2, 0.25) is 0 Å². The second-order valence-corrected chi connectivity index (χ2v) is 5.90. The van der Waals surface area contributed by atoms with E-state index in [1.165, 1.54) is 17.7 Å². The second kappa shape index (κ2) is 6.35. The first-order valence-electron chi connectivity index (χ1n) is 6.21. The van der Waals surface area contributed by atoms with Crippen LogP contribution in [0.4, 0.5) is 4.39 Å². The highest BCUT2D eigenvalue weighted by molar-refractivity contribution is 6.30. The molecule has 0 saturated heterocycles. The van der Waals surface area contributed by atoms with Gasteiger partial charge in [0.1, 0.15) is 5.82 Å². The Morgan fingerprint density at radius 2 is 2.00 bits per heavy atom. The van der Waals surface area contributed by atoms with E-state index in [0.29, 0.717) is 5.02 Å². The maximum Gasteiger partial charge on any atom is 0.125 e. The Bertz CT molecular complexity index is 412. The fourth-order valence-electron chi connectivity index (χ4n) is 1.55. The minimum atomic E-state index is -0.298. The van der Waals surface area contributed by atoms with Crippen molar-refractivity contribution in [1.82, 2.24) is 5.32 Å². The van der Waals surface area contributed by atoms with Gasteiger partial charge >= 0.3 is 0 Å². The molecule has 100 valence electrons. The molecule has 0 atom stereocenters. The van der Waals surface area contributed by atoms with Crippen molar-refractivity contribution in [2.75, 3.05) is 6.54 Å². The minimum Gasteiger partial charge on any atom is -0.308 e. The minimum absolute atomic E-state index is 0.0772. The lowest BCUT2D eigenvalue weighted by molar-refractivity contribution is 0.443. The van der Waals surface area contributed by atoms with Gasteiger partial charge in [-0.3, -0.25) is 0 Å². The number of hydrogen-bond donors (Lipinski definition) is 1. The van der Waals surface area contributed by atoms with Crippen molar-refractivity contribution in [3.63, 3.8) is 0 Å². The summed E-state index contributed by atoms with van der Waals surface area (Å²) >= 11 is 5.84. The molecule has 0 fully saturated rings. The van der Waals surface area contributed by atoms with Crippen molar-refractivity contribution < 1.29 is 4.39 Å². The monoisotopic (exact) mass is 269 g/mol. The molecule has 1 N–H and O–H groups in total. The molecule has 18 heavy (non-hydrogen) atoms. The summed E-state index contributed by atoms with van der Waals surface area (Å²) in [6.07, 6.45) is 2.92. The second-order valence-electron chi connectivity index (χ2n) is 5.46. The highest BCUT2D eigenvalue weighted by atomic mass is 35.5. The molecule has 0 radical (unpaired) electrons. The van der Waals surface area contributed by atoms with Crippen LogP contribution in [0, 0.1) is 5.82 Å². The van der Waals surface area contributed by atoms with Crippen molar-refractivity contribution in [2.45, 2.75) is 39.7 Å². The average molecular weight is 270 g/mol. The summed E-state index contributed by atoms with van der Waals surface area (Å²) in [6, 6.07) is 4.59. The molecule has 0 amide bonds. The first-order chi connectivity index (χ1) is 8.30. The molecule has 1 aromatic carbocycles. The van der Waals surface area contributed by atoms with Crippen LogP contribution in [0.3, 0.4) is 0 Å². The van der Waals surface area contributed by atoms with E-state index in [1.54, 1.807) is 6.07 Å². The molecule has 1 nitrogen and oxygen atoms in total. The Kier molecular flexibility index (Phi) is 5.36. The SMILES string of the molecule is CC/C(=C/c1cc(F)cc(Cl)c1)CNC(C)(C)C. The quantitative estimate of drug-likeness (QED) is 0.838. The summed E-state index contributed by atoms with van der Waals surface area (Å²) in [5, 5.41) is 3.86. The average Bonchev–Trinajstić information content (AvgIpc) is 2.21. The smallest absolute Gasteiger partial charge is 0.125 e. The zero-order chi connectivity index (χ0) is 13.8. The number of nitrogens with one attached hydrogen (secondary N) is 1. The van der Waals surface area contributed by atoms with Gasteiger partial charge < -0.3 is 5.32 Å². The Morgan fingerprint density at radius 3 is 2.50 bits per heavy atom. The molecule has 0 spiro atoms. The number of hydrogen-bond acceptors (Lipinski definition) is 1. The molecule has 1 rings (SSSR count).